The van der Waals surface area contributed by atoms with Gasteiger partial charge in [-0.2, -0.15) is 0 Å². The van der Waals surface area contributed by atoms with Gasteiger partial charge >= 0.3 is 0 Å². The Morgan fingerprint density at radius 1 is 1.26 bits per heavy atom. The second kappa shape index (κ2) is 7.28. The highest BCUT2D eigenvalue weighted by Gasteiger charge is 2.36. The minimum absolute atomic E-state index is 0.00838. The summed E-state index contributed by atoms with van der Waals surface area (Å²) in [4.78, 5) is 18.3. The predicted molar refractivity (Wildman–Crippen MR) is 109 cm³/mol. The highest BCUT2D eigenvalue weighted by molar-refractivity contribution is 7.91. The van der Waals surface area contributed by atoms with Gasteiger partial charge in [0.15, 0.2) is 9.84 Å². The number of hydrogen-bond acceptors (Lipinski definition) is 5. The lowest BCUT2D eigenvalue weighted by atomic mass is 10.1. The third-order valence-corrected chi connectivity index (χ3v) is 8.14. The average molecular weight is 405 g/mol. The van der Waals surface area contributed by atoms with Crippen LogP contribution in [0.2, 0.25) is 0 Å². The highest BCUT2D eigenvalue weighted by Crippen LogP contribution is 2.32. The van der Waals surface area contributed by atoms with Crippen LogP contribution < -0.4 is 4.90 Å². The molecule has 0 saturated carbocycles. The molecule has 144 valence electrons. The van der Waals surface area contributed by atoms with Crippen LogP contribution in [0.25, 0.3) is 0 Å². The third kappa shape index (κ3) is 3.89. The van der Waals surface area contributed by atoms with E-state index in [1.54, 1.807) is 16.2 Å². The van der Waals surface area contributed by atoms with Crippen molar-refractivity contribution in [1.82, 2.24) is 4.90 Å². The zero-order chi connectivity index (χ0) is 19.0. The van der Waals surface area contributed by atoms with Crippen LogP contribution in [0.5, 0.6) is 0 Å². The number of nitrogens with zero attached hydrogens (tertiary/aromatic N) is 2. The van der Waals surface area contributed by atoms with Gasteiger partial charge in [-0.1, -0.05) is 24.3 Å². The smallest absolute Gasteiger partial charge is 0.242 e. The standard InChI is InChI=1S/C20H24N2O3S2/c1-15-11-16-5-2-3-7-19(16)21(15)13-20(23)22(12-18-6-4-9-26-18)17-8-10-27(24,25)14-17/h2-7,9,15,17H,8,10-14H2,1H3. The van der Waals surface area contributed by atoms with Crippen LogP contribution in [0.3, 0.4) is 0 Å². The Kier molecular flexibility index (Phi) is 4.99. The maximum atomic E-state index is 13.3. The first-order chi connectivity index (χ1) is 12.9. The van der Waals surface area contributed by atoms with Gasteiger partial charge in [-0.05, 0) is 42.8 Å². The number of thiophene rings is 1. The van der Waals surface area contributed by atoms with Crippen LogP contribution >= 0.6 is 11.3 Å². The maximum Gasteiger partial charge on any atom is 0.242 e. The first-order valence-electron chi connectivity index (χ1n) is 9.30. The lowest BCUT2D eigenvalue weighted by Crippen LogP contribution is -2.47. The van der Waals surface area contributed by atoms with Gasteiger partial charge < -0.3 is 9.80 Å². The van der Waals surface area contributed by atoms with Crippen molar-refractivity contribution in [2.24, 2.45) is 0 Å². The van der Waals surface area contributed by atoms with Crippen molar-refractivity contribution in [2.75, 3.05) is 23.0 Å². The number of sulfone groups is 1. The Hall–Kier alpha value is -1.86. The molecule has 0 aliphatic carbocycles. The molecule has 1 aromatic heterocycles. The Morgan fingerprint density at radius 3 is 2.78 bits per heavy atom. The van der Waals surface area contributed by atoms with Crippen molar-refractivity contribution in [3.8, 4) is 0 Å². The molecule has 2 atom stereocenters. The van der Waals surface area contributed by atoms with E-state index in [1.807, 2.05) is 29.6 Å². The molecule has 7 heteroatoms. The molecule has 4 rings (SSSR count). The zero-order valence-electron chi connectivity index (χ0n) is 15.4. The number of carbonyl (C=O) groups excluding carboxylic acids is 1. The van der Waals surface area contributed by atoms with Crippen LogP contribution in [0, 0.1) is 0 Å². The maximum absolute atomic E-state index is 13.3. The minimum atomic E-state index is -3.04. The first kappa shape index (κ1) is 18.5. The molecule has 1 amide bonds. The average Bonchev–Trinajstić information content (AvgIpc) is 3.33. The monoisotopic (exact) mass is 404 g/mol. The first-order valence-corrected chi connectivity index (χ1v) is 12.0. The van der Waals surface area contributed by atoms with Crippen molar-refractivity contribution < 1.29 is 13.2 Å². The number of hydrogen-bond donors (Lipinski definition) is 0. The van der Waals surface area contributed by atoms with Gasteiger partial charge in [-0.3, -0.25) is 4.79 Å². The van der Waals surface area contributed by atoms with Crippen molar-refractivity contribution in [3.05, 3.63) is 52.2 Å². The fourth-order valence-corrected chi connectivity index (χ4v) is 6.55. The Bertz CT molecular complexity index is 924. The second-order valence-corrected chi connectivity index (χ2v) is 10.7. The summed E-state index contributed by atoms with van der Waals surface area (Å²) in [5, 5.41) is 1.99. The predicted octanol–water partition coefficient (Wildman–Crippen LogP) is 2.72. The molecule has 0 radical (unpaired) electrons. The second-order valence-electron chi connectivity index (χ2n) is 7.47. The highest BCUT2D eigenvalue weighted by atomic mass is 32.2. The summed E-state index contributed by atoms with van der Waals surface area (Å²) in [5.41, 5.74) is 2.39. The van der Waals surface area contributed by atoms with Gasteiger partial charge in [0.2, 0.25) is 5.91 Å². The Morgan fingerprint density at radius 2 is 2.07 bits per heavy atom. The van der Waals surface area contributed by atoms with Crippen molar-refractivity contribution in [1.29, 1.82) is 0 Å². The van der Waals surface area contributed by atoms with Crippen molar-refractivity contribution in [2.45, 2.75) is 38.4 Å². The van der Waals surface area contributed by atoms with E-state index in [9.17, 15) is 13.2 Å². The summed E-state index contributed by atoms with van der Waals surface area (Å²) in [7, 11) is -3.04. The summed E-state index contributed by atoms with van der Waals surface area (Å²) in [5.74, 6) is 0.263. The number of anilines is 1. The quantitative estimate of drug-likeness (QED) is 0.769. The molecule has 2 aliphatic rings. The number of carbonyl (C=O) groups is 1. The summed E-state index contributed by atoms with van der Waals surface area (Å²) < 4.78 is 24.0. The SMILES string of the molecule is CC1Cc2ccccc2N1CC(=O)N(Cc1cccs1)C1CCS(=O)(=O)C1. The van der Waals surface area contributed by atoms with Crippen LogP contribution in [0.4, 0.5) is 5.69 Å². The lowest BCUT2D eigenvalue weighted by molar-refractivity contribution is -0.132. The largest absolute Gasteiger partial charge is 0.359 e. The molecule has 2 aromatic rings. The zero-order valence-corrected chi connectivity index (χ0v) is 17.0. The van der Waals surface area contributed by atoms with E-state index in [0.717, 1.165) is 17.0 Å². The molecular weight excluding hydrogens is 380 g/mol. The molecule has 5 nitrogen and oxygen atoms in total. The molecule has 1 aromatic carbocycles. The molecule has 1 fully saturated rings. The van der Waals surface area contributed by atoms with Crippen LogP contribution in [-0.2, 0) is 27.6 Å². The summed E-state index contributed by atoms with van der Waals surface area (Å²) in [6, 6.07) is 12.2. The van der Waals surface area contributed by atoms with E-state index >= 15 is 0 Å². The Balaban J connectivity index is 1.55. The van der Waals surface area contributed by atoms with Gasteiger partial charge in [-0.25, -0.2) is 8.42 Å². The normalized spacial score (nSPS) is 23.4. The molecular formula is C20H24N2O3S2. The van der Waals surface area contributed by atoms with E-state index in [1.165, 1.54) is 5.56 Å². The molecule has 1 saturated heterocycles. The third-order valence-electron chi connectivity index (χ3n) is 5.53. The Labute approximate surface area is 164 Å². The molecule has 3 heterocycles. The molecule has 27 heavy (non-hydrogen) atoms. The van der Waals surface area contributed by atoms with E-state index in [2.05, 4.69) is 24.0 Å². The number of para-hydroxylation sites is 1. The van der Waals surface area contributed by atoms with Gasteiger partial charge in [0.1, 0.15) is 0 Å². The van der Waals surface area contributed by atoms with Gasteiger partial charge in [0, 0.05) is 22.6 Å². The van der Waals surface area contributed by atoms with Crippen LogP contribution in [-0.4, -0.2) is 49.4 Å². The minimum Gasteiger partial charge on any atom is -0.359 e. The number of benzene rings is 1. The number of rotatable bonds is 5. The molecule has 0 N–H and O–H groups in total. The summed E-state index contributed by atoms with van der Waals surface area (Å²) in [6.07, 6.45) is 1.47. The van der Waals surface area contributed by atoms with Crippen molar-refractivity contribution in [3.63, 3.8) is 0 Å². The lowest BCUT2D eigenvalue weighted by Gasteiger charge is -2.32. The summed E-state index contributed by atoms with van der Waals surface area (Å²) >= 11 is 1.60. The van der Waals surface area contributed by atoms with E-state index in [0.29, 0.717) is 19.5 Å². The van der Waals surface area contributed by atoms with E-state index in [-0.39, 0.29) is 29.5 Å². The summed E-state index contributed by atoms with van der Waals surface area (Å²) in [6.45, 7) is 2.91. The molecule has 0 bridgehead atoms. The fourth-order valence-electron chi connectivity index (χ4n) is 4.12. The van der Waals surface area contributed by atoms with Gasteiger partial charge in [0.25, 0.3) is 0 Å². The van der Waals surface area contributed by atoms with Crippen LogP contribution in [0.15, 0.2) is 41.8 Å². The molecule has 2 aliphatic heterocycles. The fraction of sp³-hybridized carbons (Fsp3) is 0.450. The molecule has 2 unspecified atom stereocenters. The van der Waals surface area contributed by atoms with Crippen LogP contribution in [0.1, 0.15) is 23.8 Å². The molecule has 0 spiro atoms. The van der Waals surface area contributed by atoms with E-state index in [4.69, 9.17) is 0 Å². The van der Waals surface area contributed by atoms with Gasteiger partial charge in [0.05, 0.1) is 24.6 Å². The van der Waals surface area contributed by atoms with Crippen molar-refractivity contribution >= 4 is 32.8 Å². The van der Waals surface area contributed by atoms with Gasteiger partial charge in [-0.15, -0.1) is 11.3 Å². The number of amides is 1. The number of fused-ring (bicyclic) bond motifs is 1. The topological polar surface area (TPSA) is 57.7 Å². The van der Waals surface area contributed by atoms with E-state index < -0.39 is 9.84 Å².